The van der Waals surface area contributed by atoms with Gasteiger partial charge >= 0.3 is 0 Å². The van der Waals surface area contributed by atoms with E-state index in [1.807, 2.05) is 48.5 Å². The van der Waals surface area contributed by atoms with Crippen molar-refractivity contribution in [1.29, 1.82) is 0 Å². The van der Waals surface area contributed by atoms with Crippen LogP contribution in [-0.2, 0) is 16.4 Å². The third-order valence-corrected chi connectivity index (χ3v) is 5.85. The smallest absolute Gasteiger partial charge is 0.211 e. The number of aryl methyl sites for hydroxylation is 1. The van der Waals surface area contributed by atoms with E-state index in [1.165, 1.54) is 5.69 Å². The lowest BCUT2D eigenvalue weighted by molar-refractivity contribution is 0.566. The minimum atomic E-state index is -3.25. The fraction of sp³-hybridized carbons (Fsp3) is 0.368. The molecule has 0 aromatic heterocycles. The van der Waals surface area contributed by atoms with Crippen LogP contribution in [0.3, 0.4) is 0 Å². The van der Waals surface area contributed by atoms with E-state index in [2.05, 4.69) is 21.8 Å². The lowest BCUT2D eigenvalue weighted by Gasteiger charge is -2.27. The van der Waals surface area contributed by atoms with Crippen molar-refractivity contribution in [3.63, 3.8) is 0 Å². The Bertz CT molecular complexity index is 732. The molecule has 24 heavy (non-hydrogen) atoms. The van der Waals surface area contributed by atoms with E-state index in [0.717, 1.165) is 24.9 Å². The van der Waals surface area contributed by atoms with Crippen LogP contribution in [0.4, 0.5) is 5.69 Å². The van der Waals surface area contributed by atoms with Gasteiger partial charge in [0.25, 0.3) is 0 Å². The molecule has 1 unspecified atom stereocenters. The Kier molecular flexibility index (Phi) is 5.53. The van der Waals surface area contributed by atoms with E-state index in [4.69, 9.17) is 0 Å². The quantitative estimate of drug-likeness (QED) is 0.840. The largest absolute Gasteiger partial charge is 0.367 e. The van der Waals surface area contributed by atoms with Gasteiger partial charge in [0.15, 0.2) is 0 Å². The highest BCUT2D eigenvalue weighted by Crippen LogP contribution is 2.24. The standard InChI is InChI=1S/C19H24N2O2S/c22-24(23,15-13-17-8-3-1-4-9-17)20-16-19-12-7-14-21(19)18-10-5-2-6-11-18/h1-6,8-11,19-20H,7,12-16H2. The first-order chi connectivity index (χ1) is 11.6. The number of hydrogen-bond acceptors (Lipinski definition) is 3. The van der Waals surface area contributed by atoms with E-state index >= 15 is 0 Å². The maximum Gasteiger partial charge on any atom is 0.211 e. The van der Waals surface area contributed by atoms with Crippen LogP contribution in [0.1, 0.15) is 18.4 Å². The number of nitrogens with zero attached hydrogens (tertiary/aromatic N) is 1. The number of para-hydroxylation sites is 1. The number of nitrogens with one attached hydrogen (secondary N) is 1. The summed E-state index contributed by atoms with van der Waals surface area (Å²) in [7, 11) is -3.25. The van der Waals surface area contributed by atoms with Gasteiger partial charge in [-0.15, -0.1) is 0 Å². The van der Waals surface area contributed by atoms with Crippen LogP contribution in [0.25, 0.3) is 0 Å². The predicted molar refractivity (Wildman–Crippen MR) is 98.7 cm³/mol. The second-order valence-corrected chi connectivity index (χ2v) is 8.15. The van der Waals surface area contributed by atoms with Crippen LogP contribution < -0.4 is 9.62 Å². The third kappa shape index (κ3) is 4.58. The van der Waals surface area contributed by atoms with Crippen molar-refractivity contribution in [3.05, 3.63) is 66.2 Å². The molecule has 3 rings (SSSR count). The highest BCUT2D eigenvalue weighted by atomic mass is 32.2. The number of benzene rings is 2. The molecule has 1 fully saturated rings. The number of rotatable bonds is 7. The fourth-order valence-corrected chi connectivity index (χ4v) is 4.29. The minimum Gasteiger partial charge on any atom is -0.367 e. The molecule has 0 spiro atoms. The molecule has 0 amide bonds. The molecule has 1 aliphatic heterocycles. The molecular weight excluding hydrogens is 320 g/mol. The van der Waals surface area contributed by atoms with E-state index < -0.39 is 10.0 Å². The second kappa shape index (κ2) is 7.81. The summed E-state index contributed by atoms with van der Waals surface area (Å²) in [6, 6.07) is 20.2. The summed E-state index contributed by atoms with van der Waals surface area (Å²) in [5, 5.41) is 0. The van der Waals surface area contributed by atoms with E-state index in [-0.39, 0.29) is 11.8 Å². The molecule has 1 heterocycles. The highest BCUT2D eigenvalue weighted by Gasteiger charge is 2.25. The number of anilines is 1. The average molecular weight is 344 g/mol. The molecule has 0 bridgehead atoms. The monoisotopic (exact) mass is 344 g/mol. The van der Waals surface area contributed by atoms with Crippen LogP contribution in [0.5, 0.6) is 0 Å². The zero-order valence-corrected chi connectivity index (χ0v) is 14.6. The Balaban J connectivity index is 1.54. The molecule has 1 aliphatic rings. The Morgan fingerprint density at radius 2 is 1.67 bits per heavy atom. The molecular formula is C19H24N2O2S. The first-order valence-corrected chi connectivity index (χ1v) is 10.1. The average Bonchev–Trinajstić information content (AvgIpc) is 3.09. The highest BCUT2D eigenvalue weighted by molar-refractivity contribution is 7.89. The molecule has 0 aliphatic carbocycles. The Morgan fingerprint density at radius 3 is 2.38 bits per heavy atom. The SMILES string of the molecule is O=S(=O)(CCc1ccccc1)NCC1CCCN1c1ccccc1. The van der Waals surface area contributed by atoms with Crippen molar-refractivity contribution in [2.45, 2.75) is 25.3 Å². The maximum absolute atomic E-state index is 12.3. The summed E-state index contributed by atoms with van der Waals surface area (Å²) in [6.07, 6.45) is 2.67. The van der Waals surface area contributed by atoms with Crippen LogP contribution in [0.2, 0.25) is 0 Å². The van der Waals surface area contributed by atoms with Crippen LogP contribution in [0.15, 0.2) is 60.7 Å². The lowest BCUT2D eigenvalue weighted by atomic mass is 10.2. The van der Waals surface area contributed by atoms with Crippen molar-refractivity contribution >= 4 is 15.7 Å². The summed E-state index contributed by atoms with van der Waals surface area (Å²) in [6.45, 7) is 1.46. The van der Waals surface area contributed by atoms with Gasteiger partial charge in [-0.3, -0.25) is 0 Å². The van der Waals surface area contributed by atoms with Gasteiger partial charge in [0.2, 0.25) is 10.0 Å². The molecule has 2 aromatic rings. The number of hydrogen-bond donors (Lipinski definition) is 1. The minimum absolute atomic E-state index is 0.134. The normalized spacial score (nSPS) is 18.0. The first kappa shape index (κ1) is 17.0. The van der Waals surface area contributed by atoms with Gasteiger partial charge in [-0.1, -0.05) is 48.5 Å². The van der Waals surface area contributed by atoms with Gasteiger partial charge in [0.05, 0.1) is 5.75 Å². The molecule has 128 valence electrons. The molecule has 5 heteroatoms. The summed E-state index contributed by atoms with van der Waals surface area (Å²) in [5.74, 6) is 0.134. The molecule has 0 radical (unpaired) electrons. The van der Waals surface area contributed by atoms with E-state index in [0.29, 0.717) is 13.0 Å². The third-order valence-electron chi connectivity index (χ3n) is 4.51. The van der Waals surface area contributed by atoms with Crippen molar-refractivity contribution in [2.24, 2.45) is 0 Å². The molecule has 4 nitrogen and oxygen atoms in total. The zero-order valence-electron chi connectivity index (χ0n) is 13.8. The number of sulfonamides is 1. The van der Waals surface area contributed by atoms with Crippen molar-refractivity contribution in [1.82, 2.24) is 4.72 Å². The van der Waals surface area contributed by atoms with Gasteiger partial charge in [-0.05, 0) is 37.0 Å². The van der Waals surface area contributed by atoms with Crippen LogP contribution >= 0.6 is 0 Å². The molecule has 1 saturated heterocycles. The predicted octanol–water partition coefficient (Wildman–Crippen LogP) is 2.82. The fourth-order valence-electron chi connectivity index (χ4n) is 3.20. The van der Waals surface area contributed by atoms with E-state index in [1.54, 1.807) is 0 Å². The van der Waals surface area contributed by atoms with Crippen molar-refractivity contribution in [3.8, 4) is 0 Å². The van der Waals surface area contributed by atoms with Gasteiger partial charge in [0.1, 0.15) is 0 Å². The Morgan fingerprint density at radius 1 is 1.00 bits per heavy atom. The van der Waals surface area contributed by atoms with Gasteiger partial charge in [-0.25, -0.2) is 13.1 Å². The molecule has 0 saturated carbocycles. The maximum atomic E-state index is 12.3. The lowest BCUT2D eigenvalue weighted by Crippen LogP contribution is -2.41. The van der Waals surface area contributed by atoms with Crippen molar-refractivity contribution < 1.29 is 8.42 Å². The Hall–Kier alpha value is -1.85. The summed E-state index contributed by atoms with van der Waals surface area (Å²) in [4.78, 5) is 2.31. The van der Waals surface area contributed by atoms with Crippen LogP contribution in [-0.4, -0.2) is 33.3 Å². The topological polar surface area (TPSA) is 49.4 Å². The molecule has 1 N–H and O–H groups in total. The van der Waals surface area contributed by atoms with E-state index in [9.17, 15) is 8.42 Å². The summed E-state index contributed by atoms with van der Waals surface area (Å²) in [5.41, 5.74) is 2.22. The molecule has 1 atom stereocenters. The molecule has 2 aromatic carbocycles. The summed E-state index contributed by atoms with van der Waals surface area (Å²) < 4.78 is 27.3. The second-order valence-electron chi connectivity index (χ2n) is 6.23. The van der Waals surface area contributed by atoms with Crippen LogP contribution in [0, 0.1) is 0 Å². The van der Waals surface area contributed by atoms with Crippen molar-refractivity contribution in [2.75, 3.05) is 23.7 Å². The zero-order chi connectivity index (χ0) is 16.8. The first-order valence-electron chi connectivity index (χ1n) is 8.47. The van der Waals surface area contributed by atoms with Gasteiger partial charge < -0.3 is 4.90 Å². The Labute approximate surface area is 144 Å². The van der Waals surface area contributed by atoms with Gasteiger partial charge in [0, 0.05) is 24.8 Å². The summed E-state index contributed by atoms with van der Waals surface area (Å²) >= 11 is 0. The van der Waals surface area contributed by atoms with Gasteiger partial charge in [-0.2, -0.15) is 0 Å².